The van der Waals surface area contributed by atoms with E-state index >= 15 is 0 Å². The lowest BCUT2D eigenvalue weighted by molar-refractivity contribution is -0.117. The second kappa shape index (κ2) is 6.00. The number of methoxy groups -OCH3 is 1. The van der Waals surface area contributed by atoms with Crippen LogP contribution in [0, 0.1) is 0 Å². The number of hydrogen-bond donors (Lipinski definition) is 0. The van der Waals surface area contributed by atoms with Crippen LogP contribution in [0.15, 0.2) is 12.4 Å². The van der Waals surface area contributed by atoms with Gasteiger partial charge in [-0.25, -0.2) is 14.8 Å². The predicted octanol–water partition coefficient (Wildman–Crippen LogP) is 0.648. The molecule has 1 aliphatic rings. The Morgan fingerprint density at radius 1 is 1.40 bits per heavy atom. The third kappa shape index (κ3) is 2.96. The molecule has 1 aromatic heterocycles. The molecule has 1 unspecified atom stereocenters. The van der Waals surface area contributed by atoms with Gasteiger partial charge in [0.1, 0.15) is 0 Å². The molecule has 1 atom stereocenters. The van der Waals surface area contributed by atoms with E-state index in [0.717, 1.165) is 11.8 Å². The topological polar surface area (TPSA) is 89.5 Å². The summed E-state index contributed by atoms with van der Waals surface area (Å²) < 4.78 is 4.62. The van der Waals surface area contributed by atoms with Gasteiger partial charge in [-0.1, -0.05) is 11.8 Å². The fourth-order valence-corrected chi connectivity index (χ4v) is 2.88. The largest absolute Gasteiger partial charge is 0.464 e. The molecule has 0 N–H and O–H groups in total. The molecule has 1 saturated heterocycles. The van der Waals surface area contributed by atoms with Crippen molar-refractivity contribution in [1.29, 1.82) is 0 Å². The lowest BCUT2D eigenvalue weighted by atomic mass is 10.3. The molecule has 1 amide bonds. The first-order valence-corrected chi connectivity index (χ1v) is 6.77. The molecule has 0 spiro atoms. The zero-order chi connectivity index (χ0) is 14.7. The predicted molar refractivity (Wildman–Crippen MR) is 72.4 cm³/mol. The van der Waals surface area contributed by atoms with Crippen molar-refractivity contribution in [2.45, 2.75) is 18.6 Å². The summed E-state index contributed by atoms with van der Waals surface area (Å²) in [6.07, 6.45) is 3.00. The average Bonchev–Trinajstić information content (AvgIpc) is 2.77. The van der Waals surface area contributed by atoms with Crippen molar-refractivity contribution in [3.05, 3.63) is 18.1 Å². The molecule has 1 aliphatic heterocycles. The highest BCUT2D eigenvalue weighted by atomic mass is 32.2. The van der Waals surface area contributed by atoms with Gasteiger partial charge >= 0.3 is 5.97 Å². The van der Waals surface area contributed by atoms with E-state index in [-0.39, 0.29) is 34.2 Å². The molecule has 0 saturated carbocycles. The number of nitrogens with zero attached hydrogens (tertiary/aromatic N) is 3. The third-order valence-electron chi connectivity index (χ3n) is 2.74. The van der Waals surface area contributed by atoms with Gasteiger partial charge in [0.05, 0.1) is 7.11 Å². The van der Waals surface area contributed by atoms with Gasteiger partial charge in [0, 0.05) is 37.5 Å². The van der Waals surface area contributed by atoms with Crippen molar-refractivity contribution in [3.63, 3.8) is 0 Å². The Morgan fingerprint density at radius 3 is 2.75 bits per heavy atom. The van der Waals surface area contributed by atoms with E-state index in [2.05, 4.69) is 14.7 Å². The standard InChI is InChI=1S/C12H13N3O4S/c1-7(16)20-8-5-9(17)15(6-8)11-10(12(18)19-2)13-3-4-14-11/h3-4,8H,5-6H2,1-2H3. The minimum atomic E-state index is -0.649. The van der Waals surface area contributed by atoms with Gasteiger partial charge in [-0.15, -0.1) is 0 Å². The minimum absolute atomic E-state index is 0.00294. The average molecular weight is 295 g/mol. The normalized spacial score (nSPS) is 18.2. The van der Waals surface area contributed by atoms with Gasteiger partial charge in [-0.2, -0.15) is 0 Å². The zero-order valence-electron chi connectivity index (χ0n) is 11.0. The highest BCUT2D eigenvalue weighted by Crippen LogP contribution is 2.28. The van der Waals surface area contributed by atoms with Crippen molar-refractivity contribution in [3.8, 4) is 0 Å². The molecular formula is C12H13N3O4S. The third-order valence-corrected chi connectivity index (χ3v) is 3.72. The molecule has 2 heterocycles. The number of hydrogen-bond acceptors (Lipinski definition) is 7. The molecule has 7 nitrogen and oxygen atoms in total. The summed E-state index contributed by atoms with van der Waals surface area (Å²) in [6, 6.07) is 0. The number of carbonyl (C=O) groups excluding carboxylic acids is 3. The van der Waals surface area contributed by atoms with Crippen LogP contribution in [-0.4, -0.2) is 45.9 Å². The number of amides is 1. The Hall–Kier alpha value is -1.96. The molecule has 1 fully saturated rings. The summed E-state index contributed by atoms with van der Waals surface area (Å²) in [5.74, 6) is -0.658. The molecular weight excluding hydrogens is 282 g/mol. The minimum Gasteiger partial charge on any atom is -0.464 e. The summed E-state index contributed by atoms with van der Waals surface area (Å²) >= 11 is 1.12. The molecule has 0 aliphatic carbocycles. The molecule has 20 heavy (non-hydrogen) atoms. The van der Waals surface area contributed by atoms with Crippen LogP contribution in [0.5, 0.6) is 0 Å². The summed E-state index contributed by atoms with van der Waals surface area (Å²) in [6.45, 7) is 1.78. The Bertz CT molecular complexity index is 563. The second-order valence-corrected chi connectivity index (χ2v) is 5.64. The van der Waals surface area contributed by atoms with E-state index in [0.29, 0.717) is 6.54 Å². The van der Waals surface area contributed by atoms with E-state index in [1.54, 1.807) is 0 Å². The van der Waals surface area contributed by atoms with Gasteiger partial charge in [0.15, 0.2) is 16.6 Å². The highest BCUT2D eigenvalue weighted by molar-refractivity contribution is 8.14. The fraction of sp³-hybridized carbons (Fsp3) is 0.417. The number of thioether (sulfide) groups is 1. The second-order valence-electron chi connectivity index (χ2n) is 4.16. The van der Waals surface area contributed by atoms with E-state index in [1.165, 1.54) is 31.3 Å². The van der Waals surface area contributed by atoms with Crippen LogP contribution in [0.4, 0.5) is 5.82 Å². The highest BCUT2D eigenvalue weighted by Gasteiger charge is 2.35. The molecule has 8 heteroatoms. The lowest BCUT2D eigenvalue weighted by Gasteiger charge is -2.16. The molecule has 106 valence electrons. The molecule has 2 rings (SSSR count). The maximum absolute atomic E-state index is 12.0. The molecule has 1 aromatic rings. The summed E-state index contributed by atoms with van der Waals surface area (Å²) in [5, 5.41) is -0.176. The van der Waals surface area contributed by atoms with Gasteiger partial charge in [-0.3, -0.25) is 14.5 Å². The summed E-state index contributed by atoms with van der Waals surface area (Å²) in [5.41, 5.74) is -0.00294. The maximum Gasteiger partial charge on any atom is 0.360 e. The first-order valence-electron chi connectivity index (χ1n) is 5.90. The smallest absolute Gasteiger partial charge is 0.360 e. The Labute approximate surface area is 119 Å². The van der Waals surface area contributed by atoms with E-state index in [4.69, 9.17) is 0 Å². The van der Waals surface area contributed by atoms with Gasteiger partial charge in [0.25, 0.3) is 0 Å². The first-order chi connectivity index (χ1) is 9.52. The summed E-state index contributed by atoms with van der Waals surface area (Å²) in [7, 11) is 1.24. The van der Waals surface area contributed by atoms with Gasteiger partial charge in [0.2, 0.25) is 5.91 Å². The van der Waals surface area contributed by atoms with Crippen molar-refractivity contribution in [2.75, 3.05) is 18.6 Å². The van der Waals surface area contributed by atoms with Crippen molar-refractivity contribution >= 4 is 34.6 Å². The van der Waals surface area contributed by atoms with Gasteiger partial charge < -0.3 is 4.74 Å². The van der Waals surface area contributed by atoms with Crippen LogP contribution < -0.4 is 4.90 Å². The van der Waals surface area contributed by atoms with Crippen molar-refractivity contribution < 1.29 is 19.1 Å². The number of carbonyl (C=O) groups is 3. The van der Waals surface area contributed by atoms with Crippen LogP contribution in [-0.2, 0) is 14.3 Å². The molecule has 0 radical (unpaired) electrons. The fourth-order valence-electron chi connectivity index (χ4n) is 1.96. The number of esters is 1. The van der Waals surface area contributed by atoms with Gasteiger partial charge in [-0.05, 0) is 0 Å². The van der Waals surface area contributed by atoms with Crippen molar-refractivity contribution in [1.82, 2.24) is 9.97 Å². The van der Waals surface area contributed by atoms with E-state index < -0.39 is 5.97 Å². The Kier molecular flexibility index (Phi) is 4.33. The Morgan fingerprint density at radius 2 is 2.10 bits per heavy atom. The van der Waals surface area contributed by atoms with Crippen LogP contribution in [0.3, 0.4) is 0 Å². The quantitative estimate of drug-likeness (QED) is 0.756. The first kappa shape index (κ1) is 14.4. The van der Waals surface area contributed by atoms with E-state index in [9.17, 15) is 14.4 Å². The number of ether oxygens (including phenoxy) is 1. The lowest BCUT2D eigenvalue weighted by Crippen LogP contribution is -2.28. The van der Waals surface area contributed by atoms with Crippen molar-refractivity contribution in [2.24, 2.45) is 0 Å². The number of rotatable bonds is 3. The SMILES string of the molecule is COC(=O)c1nccnc1N1CC(SC(C)=O)CC1=O. The van der Waals surface area contributed by atoms with Crippen LogP contribution >= 0.6 is 11.8 Å². The zero-order valence-corrected chi connectivity index (χ0v) is 11.8. The Balaban J connectivity index is 2.26. The van der Waals surface area contributed by atoms with Crippen LogP contribution in [0.25, 0.3) is 0 Å². The van der Waals surface area contributed by atoms with E-state index in [1.807, 2.05) is 0 Å². The number of anilines is 1. The monoisotopic (exact) mass is 295 g/mol. The van der Waals surface area contributed by atoms with Crippen LogP contribution in [0.2, 0.25) is 0 Å². The van der Waals surface area contributed by atoms with Crippen LogP contribution in [0.1, 0.15) is 23.8 Å². The molecule has 0 aromatic carbocycles. The maximum atomic E-state index is 12.0. The number of aromatic nitrogens is 2. The summed E-state index contributed by atoms with van der Waals surface area (Å²) in [4.78, 5) is 44.1. The molecule has 0 bridgehead atoms.